The second kappa shape index (κ2) is 13.1. The Morgan fingerprint density at radius 1 is 0.842 bits per heavy atom. The minimum Gasteiger partial charge on any atom is -0.482 e. The number of nitrogens with zero attached hydrogens (tertiary/aromatic N) is 1. The molecule has 0 saturated carbocycles. The Bertz CT molecular complexity index is 1380. The van der Waals surface area contributed by atoms with E-state index >= 15 is 0 Å². The van der Waals surface area contributed by atoms with Crippen LogP contribution in [0.25, 0.3) is 0 Å². The van der Waals surface area contributed by atoms with E-state index in [1.165, 1.54) is 10.6 Å². The Morgan fingerprint density at radius 2 is 1.53 bits per heavy atom. The summed E-state index contributed by atoms with van der Waals surface area (Å²) in [7, 11) is 0. The minimum absolute atomic E-state index is 0.0790. The fraction of sp³-hybridized carbons (Fsp3) is 0.194. The van der Waals surface area contributed by atoms with Crippen molar-refractivity contribution in [1.82, 2.24) is 9.88 Å². The molecule has 3 aromatic carbocycles. The molecule has 0 aliphatic rings. The van der Waals surface area contributed by atoms with Gasteiger partial charge in [0, 0.05) is 24.7 Å². The Balaban J connectivity index is 1.45. The summed E-state index contributed by atoms with van der Waals surface area (Å²) in [5.41, 5.74) is 3.66. The van der Waals surface area contributed by atoms with E-state index in [2.05, 4.69) is 29.6 Å². The highest BCUT2D eigenvalue weighted by Crippen LogP contribution is 2.31. The Labute approximate surface area is 221 Å². The first-order valence-electron chi connectivity index (χ1n) is 12.5. The molecule has 0 bridgehead atoms. The van der Waals surface area contributed by atoms with Crippen molar-refractivity contribution in [3.05, 3.63) is 136 Å². The van der Waals surface area contributed by atoms with E-state index in [4.69, 9.17) is 9.47 Å². The smallest absolute Gasteiger partial charge is 0.344 e. The summed E-state index contributed by atoms with van der Waals surface area (Å²) in [6.45, 7) is 1.98. The number of hydrogen-bond acceptors (Lipinski definition) is 5. The van der Waals surface area contributed by atoms with Crippen LogP contribution in [0.4, 0.5) is 0 Å². The number of carbonyl (C=O) groups is 2. The molecule has 7 heteroatoms. The van der Waals surface area contributed by atoms with Gasteiger partial charge in [0.15, 0.2) is 6.61 Å². The van der Waals surface area contributed by atoms with Gasteiger partial charge in [-0.2, -0.15) is 0 Å². The van der Waals surface area contributed by atoms with Gasteiger partial charge in [-0.25, -0.2) is 4.79 Å². The molecule has 1 heterocycles. The van der Waals surface area contributed by atoms with Crippen molar-refractivity contribution < 1.29 is 19.1 Å². The third-order valence-corrected chi connectivity index (χ3v) is 5.97. The van der Waals surface area contributed by atoms with Crippen molar-refractivity contribution in [2.75, 3.05) is 13.2 Å². The van der Waals surface area contributed by atoms with E-state index in [9.17, 15) is 14.4 Å². The zero-order chi connectivity index (χ0) is 26.7. The third-order valence-electron chi connectivity index (χ3n) is 5.97. The van der Waals surface area contributed by atoms with Gasteiger partial charge in [-0.1, -0.05) is 78.9 Å². The van der Waals surface area contributed by atoms with Crippen molar-refractivity contribution in [2.24, 2.45) is 0 Å². The largest absolute Gasteiger partial charge is 0.482 e. The number of amides is 1. The van der Waals surface area contributed by atoms with Crippen molar-refractivity contribution in [3.63, 3.8) is 0 Å². The minimum atomic E-state index is -0.444. The molecule has 0 fully saturated rings. The van der Waals surface area contributed by atoms with Gasteiger partial charge < -0.3 is 19.4 Å². The van der Waals surface area contributed by atoms with Gasteiger partial charge in [0.05, 0.1) is 6.61 Å². The van der Waals surface area contributed by atoms with Gasteiger partial charge in [0.25, 0.3) is 5.56 Å². The fourth-order valence-electron chi connectivity index (χ4n) is 4.21. The summed E-state index contributed by atoms with van der Waals surface area (Å²) in [4.78, 5) is 36.9. The molecule has 1 amide bonds. The molecule has 0 atom stereocenters. The van der Waals surface area contributed by atoms with E-state index in [1.54, 1.807) is 31.3 Å². The maximum absolute atomic E-state index is 12.8. The van der Waals surface area contributed by atoms with Crippen molar-refractivity contribution in [1.29, 1.82) is 0 Å². The highest BCUT2D eigenvalue weighted by molar-refractivity contribution is 5.75. The average Bonchev–Trinajstić information content (AvgIpc) is 2.94. The first kappa shape index (κ1) is 26.4. The first-order valence-corrected chi connectivity index (χ1v) is 12.5. The number of carbonyl (C=O) groups excluding carboxylic acids is 2. The molecule has 38 heavy (non-hydrogen) atoms. The van der Waals surface area contributed by atoms with E-state index in [-0.39, 0.29) is 37.1 Å². The topological polar surface area (TPSA) is 86.6 Å². The van der Waals surface area contributed by atoms with Crippen LogP contribution in [0.1, 0.15) is 35.1 Å². The van der Waals surface area contributed by atoms with Crippen LogP contribution in [0.5, 0.6) is 5.75 Å². The SMILES string of the molecule is CCOC(=O)COc1cccc(CNC(=O)Cn2cc(C(c3ccccc3)c3ccccc3)ccc2=O)c1. The molecule has 194 valence electrons. The summed E-state index contributed by atoms with van der Waals surface area (Å²) in [5, 5.41) is 2.85. The molecular formula is C31H30N2O5. The van der Waals surface area contributed by atoms with Gasteiger partial charge in [-0.05, 0) is 41.3 Å². The van der Waals surface area contributed by atoms with E-state index in [1.807, 2.05) is 48.5 Å². The monoisotopic (exact) mass is 510 g/mol. The number of benzene rings is 3. The van der Waals surface area contributed by atoms with Crippen molar-refractivity contribution >= 4 is 11.9 Å². The van der Waals surface area contributed by atoms with E-state index < -0.39 is 5.97 Å². The zero-order valence-corrected chi connectivity index (χ0v) is 21.2. The van der Waals surface area contributed by atoms with E-state index in [0.29, 0.717) is 12.4 Å². The average molecular weight is 511 g/mol. The third kappa shape index (κ3) is 7.20. The number of rotatable bonds is 11. The number of ether oxygens (including phenoxy) is 2. The summed E-state index contributed by atoms with van der Waals surface area (Å²) < 4.78 is 11.8. The summed E-state index contributed by atoms with van der Waals surface area (Å²) >= 11 is 0. The van der Waals surface area contributed by atoms with Crippen LogP contribution in [-0.2, 0) is 27.4 Å². The predicted molar refractivity (Wildman–Crippen MR) is 145 cm³/mol. The number of nitrogens with one attached hydrogen (secondary N) is 1. The van der Waals surface area contributed by atoms with Crippen LogP contribution in [0.2, 0.25) is 0 Å². The molecule has 0 saturated heterocycles. The molecule has 4 aromatic rings. The lowest BCUT2D eigenvalue weighted by molar-refractivity contribution is -0.145. The Morgan fingerprint density at radius 3 is 2.18 bits per heavy atom. The van der Waals surface area contributed by atoms with Crippen LogP contribution in [-0.4, -0.2) is 29.7 Å². The second-order valence-corrected chi connectivity index (χ2v) is 8.70. The quantitative estimate of drug-likeness (QED) is 0.304. The maximum Gasteiger partial charge on any atom is 0.344 e. The summed E-state index contributed by atoms with van der Waals surface area (Å²) in [6.07, 6.45) is 1.76. The molecule has 0 unspecified atom stereocenters. The molecule has 1 aromatic heterocycles. The van der Waals surface area contributed by atoms with Crippen LogP contribution < -0.4 is 15.6 Å². The molecular weight excluding hydrogens is 480 g/mol. The molecule has 0 aliphatic carbocycles. The molecule has 0 aliphatic heterocycles. The van der Waals surface area contributed by atoms with Gasteiger partial charge in [-0.15, -0.1) is 0 Å². The molecule has 0 radical (unpaired) electrons. The second-order valence-electron chi connectivity index (χ2n) is 8.70. The van der Waals surface area contributed by atoms with Crippen molar-refractivity contribution in [2.45, 2.75) is 25.9 Å². The number of aromatic nitrogens is 1. The highest BCUT2D eigenvalue weighted by Gasteiger charge is 2.18. The van der Waals surface area contributed by atoms with Crippen LogP contribution >= 0.6 is 0 Å². The number of hydrogen-bond donors (Lipinski definition) is 1. The molecule has 0 spiro atoms. The zero-order valence-electron chi connectivity index (χ0n) is 21.2. The fourth-order valence-corrected chi connectivity index (χ4v) is 4.21. The summed E-state index contributed by atoms with van der Waals surface area (Å²) in [5.74, 6) is -0.315. The number of pyridine rings is 1. The molecule has 7 nitrogen and oxygen atoms in total. The molecule has 4 rings (SSSR count). The van der Waals surface area contributed by atoms with Gasteiger partial charge in [0.2, 0.25) is 5.91 Å². The highest BCUT2D eigenvalue weighted by atomic mass is 16.6. The van der Waals surface area contributed by atoms with E-state index in [0.717, 1.165) is 22.3 Å². The Kier molecular flexibility index (Phi) is 9.07. The summed E-state index contributed by atoms with van der Waals surface area (Å²) in [6, 6.07) is 30.6. The van der Waals surface area contributed by atoms with Crippen LogP contribution in [0.3, 0.4) is 0 Å². The Hall–Kier alpha value is -4.65. The van der Waals surface area contributed by atoms with Gasteiger partial charge in [0.1, 0.15) is 12.3 Å². The normalized spacial score (nSPS) is 10.7. The number of esters is 1. The predicted octanol–water partition coefficient (Wildman–Crippen LogP) is 4.29. The van der Waals surface area contributed by atoms with Gasteiger partial charge in [-0.3, -0.25) is 9.59 Å². The molecule has 1 N–H and O–H groups in total. The van der Waals surface area contributed by atoms with Crippen molar-refractivity contribution in [3.8, 4) is 5.75 Å². The van der Waals surface area contributed by atoms with Crippen LogP contribution in [0, 0.1) is 0 Å². The first-order chi connectivity index (χ1) is 18.5. The standard InChI is InChI=1S/C31H30N2O5/c1-2-37-30(36)22-38-27-15-9-10-23(18-27)19-32-28(34)21-33-20-26(16-17-29(33)35)31(24-11-5-3-6-12-24)25-13-7-4-8-14-25/h3-18,20,31H,2,19,21-22H2,1H3,(H,32,34). The lowest BCUT2D eigenvalue weighted by Crippen LogP contribution is -2.32. The van der Waals surface area contributed by atoms with Crippen LogP contribution in [0.15, 0.2) is 108 Å². The lowest BCUT2D eigenvalue weighted by Gasteiger charge is -2.20. The lowest BCUT2D eigenvalue weighted by atomic mass is 9.86. The maximum atomic E-state index is 12.8. The van der Waals surface area contributed by atoms with Gasteiger partial charge >= 0.3 is 5.97 Å².